The quantitative estimate of drug-likeness (QED) is 0.143. The summed E-state index contributed by atoms with van der Waals surface area (Å²) in [4.78, 5) is 41.9. The van der Waals surface area contributed by atoms with E-state index in [-0.39, 0.29) is 23.0 Å². The zero-order valence-corrected chi connectivity index (χ0v) is 30.5. The lowest BCUT2D eigenvalue weighted by molar-refractivity contribution is 0.470. The number of aliphatic imine (C=N–C) groups is 2. The zero-order valence-electron chi connectivity index (χ0n) is 27.3. The molecule has 4 aromatic heterocycles. The van der Waals surface area contributed by atoms with Gasteiger partial charge in [-0.25, -0.2) is 29.0 Å². The standard InChI is InChI=1S/C18H14BrN5OS.C18H15N5OS/c1-18(8-13-15(19)16(25)23-24(13)17(20)22-18)14-7-11(9-26-14)10-4-3-5-12(6-10)21-2;1-18(9-14-8-16(24)22-23(14)17(19)21-18)15-7-12(10-25-15)11-4-3-5-13(6-11)20-2/h3-7,9H,8H2,1H3,(H2,20,22)(H,23,25);3-8,10H,9H2,1H3,(H2,19,21)(H,22,24)/t2*18-/m00/s1. The molecule has 6 N–H and O–H groups in total. The second-order valence-corrected chi connectivity index (χ2v) is 15.2. The predicted molar refractivity (Wildman–Crippen MR) is 206 cm³/mol. The molecule has 15 heteroatoms. The molecule has 0 aliphatic carbocycles. The van der Waals surface area contributed by atoms with E-state index >= 15 is 0 Å². The van der Waals surface area contributed by atoms with Crippen molar-refractivity contribution in [1.82, 2.24) is 19.6 Å². The van der Waals surface area contributed by atoms with E-state index in [9.17, 15) is 9.59 Å². The number of H-pyrrole nitrogens is 2. The number of nitrogens with zero attached hydrogens (tertiary/aromatic N) is 6. The lowest BCUT2D eigenvalue weighted by atomic mass is 9.92. The van der Waals surface area contributed by atoms with E-state index in [4.69, 9.17) is 24.6 Å². The molecule has 0 amide bonds. The predicted octanol–water partition coefficient (Wildman–Crippen LogP) is 6.94. The molecule has 254 valence electrons. The number of hydrogen-bond donors (Lipinski definition) is 4. The molecule has 2 aliphatic rings. The maximum Gasteiger partial charge on any atom is 0.279 e. The molecule has 0 unspecified atom stereocenters. The average molecular weight is 778 g/mol. The molecule has 12 nitrogen and oxygen atoms in total. The summed E-state index contributed by atoms with van der Waals surface area (Å²) in [5.41, 5.74) is 17.6. The van der Waals surface area contributed by atoms with Gasteiger partial charge in [0.2, 0.25) is 11.9 Å². The fourth-order valence-electron chi connectivity index (χ4n) is 6.26. The van der Waals surface area contributed by atoms with Crippen molar-refractivity contribution in [2.75, 3.05) is 0 Å². The Kier molecular flexibility index (Phi) is 8.51. The van der Waals surface area contributed by atoms with Gasteiger partial charge in [0.05, 0.1) is 24.5 Å². The summed E-state index contributed by atoms with van der Waals surface area (Å²) in [7, 11) is 0. The van der Waals surface area contributed by atoms with Crippen LogP contribution in [0.2, 0.25) is 0 Å². The van der Waals surface area contributed by atoms with Gasteiger partial charge in [-0.1, -0.05) is 36.4 Å². The Hall–Kier alpha value is -5.74. The maximum atomic E-state index is 11.9. The van der Waals surface area contributed by atoms with Gasteiger partial charge in [0.1, 0.15) is 15.6 Å². The van der Waals surface area contributed by atoms with E-state index in [2.05, 4.69) is 68.7 Å². The van der Waals surface area contributed by atoms with Gasteiger partial charge >= 0.3 is 0 Å². The molecule has 2 atom stereocenters. The summed E-state index contributed by atoms with van der Waals surface area (Å²) < 4.78 is 3.56. The van der Waals surface area contributed by atoms with Crippen LogP contribution in [0.4, 0.5) is 11.4 Å². The highest BCUT2D eigenvalue weighted by Gasteiger charge is 2.36. The monoisotopic (exact) mass is 776 g/mol. The molecular weight excluding hydrogens is 749 g/mol. The molecular formula is C36H29BrN10O2S2. The van der Waals surface area contributed by atoms with Gasteiger partial charge in [-0.3, -0.25) is 19.8 Å². The lowest BCUT2D eigenvalue weighted by Crippen LogP contribution is -2.38. The second-order valence-electron chi connectivity index (χ2n) is 12.5. The van der Waals surface area contributed by atoms with Crippen LogP contribution in [0.25, 0.3) is 31.9 Å². The number of aromatic amines is 2. The molecule has 0 spiro atoms. The fourth-order valence-corrected chi connectivity index (χ4v) is 8.72. The summed E-state index contributed by atoms with van der Waals surface area (Å²) in [5, 5.41) is 9.46. The van der Waals surface area contributed by atoms with E-state index in [0.717, 1.165) is 43.4 Å². The Labute approximate surface area is 308 Å². The highest BCUT2D eigenvalue weighted by Crippen LogP contribution is 2.41. The molecule has 0 fully saturated rings. The summed E-state index contributed by atoms with van der Waals surface area (Å²) in [6.07, 6.45) is 1.14. The van der Waals surface area contributed by atoms with Crippen molar-refractivity contribution in [2.24, 2.45) is 21.5 Å². The van der Waals surface area contributed by atoms with Crippen LogP contribution in [0.15, 0.2) is 102 Å². The first-order valence-corrected chi connectivity index (χ1v) is 18.1. The Bertz CT molecular complexity index is 2610. The minimum absolute atomic E-state index is 0.180. The van der Waals surface area contributed by atoms with Gasteiger partial charge in [-0.15, -0.1) is 22.7 Å². The highest BCUT2D eigenvalue weighted by molar-refractivity contribution is 9.10. The van der Waals surface area contributed by atoms with Crippen molar-refractivity contribution in [3.05, 3.63) is 147 Å². The Morgan fingerprint density at radius 3 is 1.84 bits per heavy atom. The first kappa shape index (κ1) is 33.7. The van der Waals surface area contributed by atoms with Crippen molar-refractivity contribution in [3.8, 4) is 22.3 Å². The minimum atomic E-state index is -0.554. The number of rotatable bonds is 4. The van der Waals surface area contributed by atoms with E-state index in [1.165, 1.54) is 9.36 Å². The normalized spacial score (nSPS) is 19.0. The number of fused-ring (bicyclic) bond motifs is 2. The van der Waals surface area contributed by atoms with Crippen LogP contribution in [0.3, 0.4) is 0 Å². The number of halogens is 1. The second kappa shape index (κ2) is 12.9. The van der Waals surface area contributed by atoms with Crippen LogP contribution in [0, 0.1) is 13.1 Å². The summed E-state index contributed by atoms with van der Waals surface area (Å²) >= 11 is 6.55. The smallest absolute Gasteiger partial charge is 0.279 e. The number of nitrogens with one attached hydrogen (secondary N) is 2. The van der Waals surface area contributed by atoms with E-state index < -0.39 is 11.1 Å². The van der Waals surface area contributed by atoms with Crippen molar-refractivity contribution in [1.29, 1.82) is 0 Å². The van der Waals surface area contributed by atoms with E-state index in [1.807, 2.05) is 50.2 Å². The van der Waals surface area contributed by atoms with Crippen LogP contribution in [-0.4, -0.2) is 31.5 Å². The third kappa shape index (κ3) is 6.27. The third-order valence-corrected chi connectivity index (χ3v) is 12.0. The Balaban J connectivity index is 0.000000159. The van der Waals surface area contributed by atoms with Gasteiger partial charge in [0.25, 0.3) is 11.1 Å². The molecule has 6 aromatic rings. The molecule has 2 aromatic carbocycles. The molecule has 2 aliphatic heterocycles. The van der Waals surface area contributed by atoms with Crippen LogP contribution >= 0.6 is 38.6 Å². The van der Waals surface area contributed by atoms with Gasteiger partial charge in [0.15, 0.2) is 11.4 Å². The lowest BCUT2D eigenvalue weighted by Gasteiger charge is -2.29. The minimum Gasteiger partial charge on any atom is -0.368 e. The summed E-state index contributed by atoms with van der Waals surface area (Å²) in [5.74, 6) is 0.553. The number of nitrogens with two attached hydrogens (primary N) is 2. The van der Waals surface area contributed by atoms with Gasteiger partial charge < -0.3 is 11.5 Å². The molecule has 0 bridgehead atoms. The topological polar surface area (TPSA) is 161 Å². The van der Waals surface area contributed by atoms with E-state index in [0.29, 0.717) is 28.7 Å². The van der Waals surface area contributed by atoms with Gasteiger partial charge in [-0.05, 0) is 87.1 Å². The number of aromatic nitrogens is 4. The summed E-state index contributed by atoms with van der Waals surface area (Å²) in [6.45, 7) is 18.4. The molecule has 0 saturated carbocycles. The first-order valence-electron chi connectivity index (χ1n) is 15.6. The molecule has 8 rings (SSSR count). The van der Waals surface area contributed by atoms with Crippen LogP contribution in [-0.2, 0) is 23.9 Å². The zero-order chi connectivity index (χ0) is 36.1. The van der Waals surface area contributed by atoms with Gasteiger partial charge in [0, 0.05) is 28.7 Å². The van der Waals surface area contributed by atoms with Crippen LogP contribution < -0.4 is 22.6 Å². The first-order chi connectivity index (χ1) is 24.4. The van der Waals surface area contributed by atoms with Crippen LogP contribution in [0.1, 0.15) is 35.0 Å². The fraction of sp³-hybridized carbons (Fsp3) is 0.167. The Morgan fingerprint density at radius 1 is 0.765 bits per heavy atom. The van der Waals surface area contributed by atoms with Crippen molar-refractivity contribution in [3.63, 3.8) is 0 Å². The molecule has 6 heterocycles. The van der Waals surface area contributed by atoms with Crippen molar-refractivity contribution >= 4 is 61.9 Å². The number of hydrogen-bond acceptors (Lipinski definition) is 8. The largest absolute Gasteiger partial charge is 0.368 e. The third-order valence-electron chi connectivity index (χ3n) is 8.84. The highest BCUT2D eigenvalue weighted by atomic mass is 79.9. The van der Waals surface area contributed by atoms with Gasteiger partial charge in [-0.2, -0.15) is 0 Å². The molecule has 0 saturated heterocycles. The number of benzene rings is 2. The molecule has 0 radical (unpaired) electrons. The Morgan fingerprint density at radius 2 is 1.29 bits per heavy atom. The SMILES string of the molecule is [C-]#[N+]c1cccc(-c2csc([C@]3(C)Cc4c(Br)c(=O)[nH]n4C(N)=N3)c2)c1.[C-]#[N+]c1cccc(-c2csc([C@]3(C)Cc4cc(=O)[nH]n4C(N)=N3)c2)c1. The number of thiophene rings is 2. The van der Waals surface area contributed by atoms with Crippen molar-refractivity contribution < 1.29 is 0 Å². The van der Waals surface area contributed by atoms with Crippen molar-refractivity contribution in [2.45, 2.75) is 37.8 Å². The molecule has 51 heavy (non-hydrogen) atoms. The summed E-state index contributed by atoms with van der Waals surface area (Å²) in [6, 6.07) is 20.8. The van der Waals surface area contributed by atoms with Crippen LogP contribution in [0.5, 0.6) is 0 Å². The average Bonchev–Trinajstić information content (AvgIpc) is 3.93. The van der Waals surface area contributed by atoms with E-state index in [1.54, 1.807) is 40.9 Å². The maximum absolute atomic E-state index is 11.9.